The summed E-state index contributed by atoms with van der Waals surface area (Å²) in [5.74, 6) is -0.194. The number of likely N-dealkylation sites (tertiary alicyclic amines) is 1. The van der Waals surface area contributed by atoms with Crippen LogP contribution in [-0.2, 0) is 26.6 Å². The molecule has 222 valence electrons. The molecule has 43 heavy (non-hydrogen) atoms. The van der Waals surface area contributed by atoms with Crippen LogP contribution < -0.4 is 9.64 Å². The third-order valence-corrected chi connectivity index (χ3v) is 8.38. The lowest BCUT2D eigenvalue weighted by atomic mass is 9.93. The van der Waals surface area contributed by atoms with Crippen molar-refractivity contribution in [1.82, 2.24) is 19.4 Å². The first-order valence-electron chi connectivity index (χ1n) is 14.0. The number of nitriles is 1. The number of aromatic carboxylic acids is 1. The SMILES string of the molecule is Cn1c(CN2CCC(c3cccc(N4CCc5cc(C#N)cc(F)c5C4)n3)CC2)nc2c(OC(F)F)cc(C(=O)O)cc21. The predicted molar refractivity (Wildman–Crippen MR) is 152 cm³/mol. The van der Waals surface area contributed by atoms with Crippen molar-refractivity contribution in [3.05, 3.63) is 82.1 Å². The highest BCUT2D eigenvalue weighted by Gasteiger charge is 2.26. The molecule has 4 aromatic rings. The average Bonchev–Trinajstić information content (AvgIpc) is 3.32. The summed E-state index contributed by atoms with van der Waals surface area (Å²) >= 11 is 0. The van der Waals surface area contributed by atoms with E-state index < -0.39 is 12.6 Å². The average molecular weight is 591 g/mol. The first kappa shape index (κ1) is 28.5. The van der Waals surface area contributed by atoms with Crippen molar-refractivity contribution in [3.63, 3.8) is 0 Å². The molecular weight excluding hydrogens is 561 g/mol. The fourth-order valence-electron chi connectivity index (χ4n) is 6.06. The number of aryl methyl sites for hydroxylation is 1. The van der Waals surface area contributed by atoms with E-state index in [1.165, 1.54) is 12.1 Å². The van der Waals surface area contributed by atoms with Crippen LogP contribution in [-0.4, -0.2) is 56.8 Å². The van der Waals surface area contributed by atoms with Crippen molar-refractivity contribution >= 4 is 22.8 Å². The molecule has 0 aliphatic carbocycles. The maximum absolute atomic E-state index is 14.7. The third-order valence-electron chi connectivity index (χ3n) is 8.38. The number of fused-ring (bicyclic) bond motifs is 2. The van der Waals surface area contributed by atoms with Gasteiger partial charge in [-0.2, -0.15) is 14.0 Å². The molecule has 2 aliphatic rings. The van der Waals surface area contributed by atoms with Crippen LogP contribution in [0, 0.1) is 17.1 Å². The number of carboxylic acids is 1. The minimum Gasteiger partial charge on any atom is -0.478 e. The largest absolute Gasteiger partial charge is 0.478 e. The van der Waals surface area contributed by atoms with Crippen LogP contribution >= 0.6 is 0 Å². The fraction of sp³-hybridized carbons (Fsp3) is 0.355. The van der Waals surface area contributed by atoms with Gasteiger partial charge < -0.3 is 19.3 Å². The van der Waals surface area contributed by atoms with Crippen LogP contribution in [0.25, 0.3) is 11.0 Å². The zero-order valence-electron chi connectivity index (χ0n) is 23.4. The standard InChI is InChI=1S/C31H29F3N6O3/c1-38-25-13-21(30(41)42)14-26(43-31(33)34)29(25)37-28(38)17-39-8-5-19(6-9-39)24-3-2-4-27(36-24)40-10-7-20-11-18(15-35)12-23(32)22(20)16-40/h2-4,11-14,19,31H,5-10,16-17H2,1H3,(H,41,42). The Morgan fingerprint density at radius 3 is 2.67 bits per heavy atom. The summed E-state index contributed by atoms with van der Waals surface area (Å²) in [6.45, 7) is -0.0137. The number of anilines is 1. The van der Waals surface area contributed by atoms with Crippen molar-refractivity contribution in [2.75, 3.05) is 24.5 Å². The topological polar surface area (TPSA) is 108 Å². The second-order valence-corrected chi connectivity index (χ2v) is 11.0. The highest BCUT2D eigenvalue weighted by atomic mass is 19.3. The molecule has 0 saturated carbocycles. The number of piperidine rings is 1. The fourth-order valence-corrected chi connectivity index (χ4v) is 6.06. The smallest absolute Gasteiger partial charge is 0.387 e. The first-order chi connectivity index (χ1) is 20.7. The maximum Gasteiger partial charge on any atom is 0.387 e. The van der Waals surface area contributed by atoms with Gasteiger partial charge >= 0.3 is 12.6 Å². The van der Waals surface area contributed by atoms with Crippen molar-refractivity contribution in [3.8, 4) is 11.8 Å². The summed E-state index contributed by atoms with van der Waals surface area (Å²) in [5.41, 5.74) is 3.26. The Morgan fingerprint density at radius 2 is 1.95 bits per heavy atom. The molecule has 2 aliphatic heterocycles. The Balaban J connectivity index is 1.13. The van der Waals surface area contributed by atoms with Gasteiger partial charge in [-0.05, 0) is 74.3 Å². The number of alkyl halides is 2. The van der Waals surface area contributed by atoms with E-state index in [4.69, 9.17) is 10.2 Å². The molecule has 0 radical (unpaired) electrons. The van der Waals surface area contributed by atoms with Gasteiger partial charge in [0.25, 0.3) is 0 Å². The summed E-state index contributed by atoms with van der Waals surface area (Å²) in [4.78, 5) is 25.3. The van der Waals surface area contributed by atoms with Gasteiger partial charge in [0.05, 0.1) is 29.3 Å². The molecule has 9 nitrogen and oxygen atoms in total. The third kappa shape index (κ3) is 5.72. The molecule has 0 unspecified atom stereocenters. The summed E-state index contributed by atoms with van der Waals surface area (Å²) < 4.78 is 47.1. The zero-order valence-corrected chi connectivity index (χ0v) is 23.4. The molecule has 0 spiro atoms. The summed E-state index contributed by atoms with van der Waals surface area (Å²) in [6, 6.07) is 13.5. The van der Waals surface area contributed by atoms with E-state index in [0.29, 0.717) is 48.5 Å². The first-order valence-corrected chi connectivity index (χ1v) is 14.0. The van der Waals surface area contributed by atoms with Gasteiger partial charge in [-0.3, -0.25) is 4.90 Å². The Morgan fingerprint density at radius 1 is 1.16 bits per heavy atom. The van der Waals surface area contributed by atoms with Gasteiger partial charge in [0.15, 0.2) is 5.75 Å². The number of carboxylic acid groups (broad SMARTS) is 1. The summed E-state index contributed by atoms with van der Waals surface area (Å²) in [7, 11) is 1.73. The molecule has 4 heterocycles. The Labute approximate surface area is 245 Å². The predicted octanol–water partition coefficient (Wildman–Crippen LogP) is 5.22. The van der Waals surface area contributed by atoms with Gasteiger partial charge in [0.1, 0.15) is 23.0 Å². The van der Waals surface area contributed by atoms with E-state index in [1.54, 1.807) is 17.7 Å². The van der Waals surface area contributed by atoms with Crippen LogP contribution in [0.2, 0.25) is 0 Å². The Bertz CT molecular complexity index is 1740. The number of pyridine rings is 1. The number of hydrogen-bond acceptors (Lipinski definition) is 7. The minimum atomic E-state index is -3.10. The highest BCUT2D eigenvalue weighted by Crippen LogP contribution is 2.33. The van der Waals surface area contributed by atoms with Crippen molar-refractivity contribution < 1.29 is 27.8 Å². The van der Waals surface area contributed by atoms with E-state index in [1.807, 2.05) is 24.3 Å². The minimum absolute atomic E-state index is 0.153. The van der Waals surface area contributed by atoms with Gasteiger partial charge in [0.2, 0.25) is 0 Å². The van der Waals surface area contributed by atoms with E-state index in [0.717, 1.165) is 49.1 Å². The lowest BCUT2D eigenvalue weighted by molar-refractivity contribution is -0.0489. The van der Waals surface area contributed by atoms with Crippen LogP contribution in [0.5, 0.6) is 5.75 Å². The Kier molecular flexibility index (Phi) is 7.66. The molecule has 1 fully saturated rings. The number of rotatable bonds is 7. The van der Waals surface area contributed by atoms with Gasteiger partial charge in [-0.1, -0.05) is 6.07 Å². The normalized spacial score (nSPS) is 16.0. The van der Waals surface area contributed by atoms with Gasteiger partial charge in [-0.15, -0.1) is 0 Å². The van der Waals surface area contributed by atoms with Crippen LogP contribution in [0.15, 0.2) is 42.5 Å². The molecule has 0 atom stereocenters. The number of ether oxygens (including phenoxy) is 1. The second kappa shape index (κ2) is 11.6. The quantitative estimate of drug-likeness (QED) is 0.312. The van der Waals surface area contributed by atoms with Crippen LogP contribution in [0.4, 0.5) is 19.0 Å². The molecular formula is C31H29F3N6O3. The van der Waals surface area contributed by atoms with E-state index in [2.05, 4.69) is 19.5 Å². The van der Waals surface area contributed by atoms with Crippen molar-refractivity contribution in [1.29, 1.82) is 5.26 Å². The molecule has 1 N–H and O–H groups in total. The summed E-state index contributed by atoms with van der Waals surface area (Å²) in [5, 5.41) is 18.6. The van der Waals surface area contributed by atoms with Gasteiger partial charge in [-0.25, -0.2) is 19.2 Å². The number of benzene rings is 2. The van der Waals surface area contributed by atoms with Crippen molar-refractivity contribution in [2.45, 2.75) is 44.9 Å². The second-order valence-electron chi connectivity index (χ2n) is 11.0. The number of imidazole rings is 1. The Hall–Kier alpha value is -4.63. The monoisotopic (exact) mass is 590 g/mol. The molecule has 6 rings (SSSR count). The number of carbonyl (C=O) groups is 1. The number of nitrogens with zero attached hydrogens (tertiary/aromatic N) is 6. The number of hydrogen-bond donors (Lipinski definition) is 1. The zero-order chi connectivity index (χ0) is 30.2. The molecule has 12 heteroatoms. The molecule has 2 aromatic heterocycles. The van der Waals surface area contributed by atoms with E-state index in [-0.39, 0.29) is 28.6 Å². The summed E-state index contributed by atoms with van der Waals surface area (Å²) in [6.07, 6.45) is 2.36. The highest BCUT2D eigenvalue weighted by molar-refractivity contribution is 5.95. The van der Waals surface area contributed by atoms with Crippen molar-refractivity contribution in [2.24, 2.45) is 7.05 Å². The van der Waals surface area contributed by atoms with Crippen LogP contribution in [0.3, 0.4) is 0 Å². The lowest BCUT2D eigenvalue weighted by Crippen LogP contribution is -2.34. The van der Waals surface area contributed by atoms with E-state index in [9.17, 15) is 23.1 Å². The number of aromatic nitrogens is 3. The van der Waals surface area contributed by atoms with Gasteiger partial charge in [0, 0.05) is 37.3 Å². The van der Waals surface area contributed by atoms with Crippen LogP contribution in [0.1, 0.15) is 57.3 Å². The van der Waals surface area contributed by atoms with E-state index >= 15 is 0 Å². The molecule has 0 amide bonds. The maximum atomic E-state index is 14.7. The molecule has 0 bridgehead atoms. The molecule has 2 aromatic carbocycles. The number of halogens is 3. The molecule has 1 saturated heterocycles. The lowest BCUT2D eigenvalue weighted by Gasteiger charge is -2.33.